The SMILES string of the molecule is Cc1sc(N(C(=O)C2COC2)c2cc(F)cc(F)c2)nc1C(=O)N[C@H]1CCC12CCC2. The second-order valence-corrected chi connectivity index (χ2v) is 9.90. The molecule has 1 N–H and O–H groups in total. The number of carbonyl (C=O) groups is 2. The second kappa shape index (κ2) is 7.63. The molecule has 164 valence electrons. The van der Waals surface area contributed by atoms with Gasteiger partial charge in [0, 0.05) is 17.0 Å². The zero-order valence-corrected chi connectivity index (χ0v) is 17.9. The van der Waals surface area contributed by atoms with Crippen LogP contribution in [0, 0.1) is 29.9 Å². The van der Waals surface area contributed by atoms with Crippen molar-refractivity contribution in [3.8, 4) is 0 Å². The van der Waals surface area contributed by atoms with Crippen molar-refractivity contribution in [3.05, 3.63) is 40.4 Å². The number of ether oxygens (including phenoxy) is 1. The number of aryl methyl sites for hydroxylation is 1. The first-order valence-electron chi connectivity index (χ1n) is 10.5. The first-order chi connectivity index (χ1) is 14.9. The van der Waals surface area contributed by atoms with Crippen LogP contribution < -0.4 is 10.2 Å². The van der Waals surface area contributed by atoms with Gasteiger partial charge in [0.1, 0.15) is 17.3 Å². The van der Waals surface area contributed by atoms with E-state index in [1.165, 1.54) is 11.3 Å². The molecule has 1 aromatic carbocycles. The summed E-state index contributed by atoms with van der Waals surface area (Å²) in [5, 5.41) is 3.33. The smallest absolute Gasteiger partial charge is 0.271 e. The third-order valence-electron chi connectivity index (χ3n) is 6.83. The molecule has 1 spiro atoms. The van der Waals surface area contributed by atoms with Crippen molar-refractivity contribution in [2.45, 2.75) is 45.1 Å². The molecular formula is C22H23F2N3O3S. The molecule has 9 heteroatoms. The molecule has 0 unspecified atom stereocenters. The fourth-order valence-electron chi connectivity index (χ4n) is 4.63. The molecule has 0 radical (unpaired) electrons. The number of thiazole rings is 1. The fourth-order valence-corrected chi connectivity index (χ4v) is 5.56. The van der Waals surface area contributed by atoms with Gasteiger partial charge in [-0.3, -0.25) is 14.5 Å². The molecular weight excluding hydrogens is 424 g/mol. The Labute approximate surface area is 182 Å². The minimum Gasteiger partial charge on any atom is -0.380 e. The van der Waals surface area contributed by atoms with Crippen molar-refractivity contribution in [2.24, 2.45) is 11.3 Å². The predicted molar refractivity (Wildman–Crippen MR) is 111 cm³/mol. The van der Waals surface area contributed by atoms with E-state index in [1.54, 1.807) is 6.92 Å². The first kappa shape index (κ1) is 20.5. The number of carbonyl (C=O) groups excluding carboxylic acids is 2. The molecule has 2 heterocycles. The van der Waals surface area contributed by atoms with E-state index in [9.17, 15) is 18.4 Å². The number of amides is 2. The predicted octanol–water partition coefficient (Wildman–Crippen LogP) is 4.10. The Morgan fingerprint density at radius 1 is 1.19 bits per heavy atom. The number of halogens is 2. The van der Waals surface area contributed by atoms with Crippen LogP contribution in [-0.4, -0.2) is 36.1 Å². The Morgan fingerprint density at radius 2 is 1.90 bits per heavy atom. The van der Waals surface area contributed by atoms with E-state index in [0.717, 1.165) is 55.2 Å². The van der Waals surface area contributed by atoms with Crippen LogP contribution in [0.4, 0.5) is 19.6 Å². The van der Waals surface area contributed by atoms with Gasteiger partial charge in [-0.2, -0.15) is 0 Å². The highest BCUT2D eigenvalue weighted by Crippen LogP contribution is 2.55. The van der Waals surface area contributed by atoms with E-state index in [-0.39, 0.29) is 53.0 Å². The molecule has 3 fully saturated rings. The van der Waals surface area contributed by atoms with Crippen LogP contribution in [0.1, 0.15) is 47.5 Å². The lowest BCUT2D eigenvalue weighted by atomic mass is 9.53. The summed E-state index contributed by atoms with van der Waals surface area (Å²) in [6.07, 6.45) is 5.62. The third-order valence-corrected chi connectivity index (χ3v) is 7.79. The van der Waals surface area contributed by atoms with Gasteiger partial charge >= 0.3 is 0 Å². The van der Waals surface area contributed by atoms with Gasteiger partial charge in [-0.05, 0) is 50.2 Å². The number of aromatic nitrogens is 1. The van der Waals surface area contributed by atoms with E-state index < -0.39 is 17.6 Å². The summed E-state index contributed by atoms with van der Waals surface area (Å²) in [5.41, 5.74) is 0.553. The molecule has 1 aliphatic heterocycles. The molecule has 2 aliphatic carbocycles. The van der Waals surface area contributed by atoms with Gasteiger partial charge in [0.15, 0.2) is 5.13 Å². The van der Waals surface area contributed by atoms with Gasteiger partial charge in [-0.1, -0.05) is 6.42 Å². The minimum absolute atomic E-state index is 0.0440. The standard InChI is InChI=1S/C22H23F2N3O3S/c1-12-18(19(28)25-17-3-6-22(17)4-2-5-22)26-21(31-12)27(20(29)13-10-30-11-13)16-8-14(23)7-15(24)9-16/h7-9,13,17H,2-6,10-11H2,1H3,(H,25,28)/t17-/m0/s1. The quantitative estimate of drug-likeness (QED) is 0.749. The largest absolute Gasteiger partial charge is 0.380 e. The Morgan fingerprint density at radius 3 is 2.42 bits per heavy atom. The lowest BCUT2D eigenvalue weighted by molar-refractivity contribution is -0.135. The number of benzene rings is 1. The summed E-state index contributed by atoms with van der Waals surface area (Å²) in [6, 6.07) is 3.09. The zero-order chi connectivity index (χ0) is 21.8. The number of anilines is 2. The third kappa shape index (κ3) is 3.53. The molecule has 0 bridgehead atoms. The minimum atomic E-state index is -0.792. The molecule has 1 atom stereocenters. The van der Waals surface area contributed by atoms with Crippen LogP contribution >= 0.6 is 11.3 Å². The van der Waals surface area contributed by atoms with Crippen molar-refractivity contribution >= 4 is 34.0 Å². The van der Waals surface area contributed by atoms with Crippen LogP contribution in [0.3, 0.4) is 0 Å². The second-order valence-electron chi connectivity index (χ2n) is 8.72. The Balaban J connectivity index is 1.44. The lowest BCUT2D eigenvalue weighted by Gasteiger charge is -2.56. The van der Waals surface area contributed by atoms with Crippen molar-refractivity contribution < 1.29 is 23.1 Å². The summed E-state index contributed by atoms with van der Waals surface area (Å²) in [7, 11) is 0. The van der Waals surface area contributed by atoms with Gasteiger partial charge in [0.25, 0.3) is 5.91 Å². The van der Waals surface area contributed by atoms with Gasteiger partial charge in [0.05, 0.1) is 24.8 Å². The summed E-state index contributed by atoms with van der Waals surface area (Å²) in [5.74, 6) is -2.62. The van der Waals surface area contributed by atoms with Crippen LogP contribution in [-0.2, 0) is 9.53 Å². The Hall–Kier alpha value is -2.39. The topological polar surface area (TPSA) is 71.5 Å². The van der Waals surface area contributed by atoms with E-state index in [1.807, 2.05) is 0 Å². The number of hydrogen-bond acceptors (Lipinski definition) is 5. The average molecular weight is 448 g/mol. The van der Waals surface area contributed by atoms with Crippen molar-refractivity contribution in [2.75, 3.05) is 18.1 Å². The van der Waals surface area contributed by atoms with E-state index >= 15 is 0 Å². The van der Waals surface area contributed by atoms with E-state index in [2.05, 4.69) is 10.3 Å². The molecule has 6 nitrogen and oxygen atoms in total. The maximum atomic E-state index is 13.9. The zero-order valence-electron chi connectivity index (χ0n) is 17.1. The normalized spacial score (nSPS) is 21.7. The molecule has 3 aliphatic rings. The maximum absolute atomic E-state index is 13.9. The van der Waals surface area contributed by atoms with Crippen LogP contribution in [0.2, 0.25) is 0 Å². The molecule has 5 rings (SSSR count). The summed E-state index contributed by atoms with van der Waals surface area (Å²) < 4.78 is 32.9. The molecule has 2 amide bonds. The molecule has 31 heavy (non-hydrogen) atoms. The lowest BCUT2D eigenvalue weighted by Crippen LogP contribution is -2.58. The highest BCUT2D eigenvalue weighted by Gasteiger charge is 2.51. The van der Waals surface area contributed by atoms with Gasteiger partial charge in [-0.15, -0.1) is 11.3 Å². The van der Waals surface area contributed by atoms with Crippen molar-refractivity contribution in [3.63, 3.8) is 0 Å². The van der Waals surface area contributed by atoms with Crippen molar-refractivity contribution in [1.82, 2.24) is 10.3 Å². The number of nitrogens with zero attached hydrogens (tertiary/aromatic N) is 2. The first-order valence-corrected chi connectivity index (χ1v) is 11.3. The molecule has 1 aromatic heterocycles. The van der Waals surface area contributed by atoms with Crippen LogP contribution in [0.15, 0.2) is 18.2 Å². The van der Waals surface area contributed by atoms with E-state index in [0.29, 0.717) is 4.88 Å². The highest BCUT2D eigenvalue weighted by atomic mass is 32.1. The van der Waals surface area contributed by atoms with Gasteiger partial charge < -0.3 is 10.1 Å². The molecule has 1 saturated heterocycles. The van der Waals surface area contributed by atoms with E-state index in [4.69, 9.17) is 4.74 Å². The number of hydrogen-bond donors (Lipinski definition) is 1. The number of nitrogens with one attached hydrogen (secondary N) is 1. The maximum Gasteiger partial charge on any atom is 0.271 e. The molecule has 2 aromatic rings. The van der Waals surface area contributed by atoms with Gasteiger partial charge in [0.2, 0.25) is 5.91 Å². The average Bonchev–Trinajstić information content (AvgIpc) is 2.96. The van der Waals surface area contributed by atoms with Crippen molar-refractivity contribution in [1.29, 1.82) is 0 Å². The fraction of sp³-hybridized carbons (Fsp3) is 0.500. The highest BCUT2D eigenvalue weighted by molar-refractivity contribution is 7.16. The summed E-state index contributed by atoms with van der Waals surface area (Å²) >= 11 is 1.16. The molecule has 2 saturated carbocycles. The summed E-state index contributed by atoms with van der Waals surface area (Å²) in [6.45, 7) is 2.25. The Kier molecular flexibility index (Phi) is 5.05. The monoisotopic (exact) mass is 447 g/mol. The number of rotatable bonds is 5. The van der Waals surface area contributed by atoms with Gasteiger partial charge in [-0.25, -0.2) is 13.8 Å². The van der Waals surface area contributed by atoms with Crippen LogP contribution in [0.5, 0.6) is 0 Å². The van der Waals surface area contributed by atoms with Crippen LogP contribution in [0.25, 0.3) is 0 Å². The summed E-state index contributed by atoms with van der Waals surface area (Å²) in [4.78, 5) is 32.3. The Bertz CT molecular complexity index is 1020.